The molecule has 2 atom stereocenters. The van der Waals surface area contributed by atoms with E-state index in [9.17, 15) is 4.79 Å². The highest BCUT2D eigenvalue weighted by Crippen LogP contribution is 2.38. The van der Waals surface area contributed by atoms with Gasteiger partial charge in [0.2, 0.25) is 0 Å². The first-order chi connectivity index (χ1) is 9.70. The van der Waals surface area contributed by atoms with E-state index >= 15 is 0 Å². The third-order valence-corrected chi connectivity index (χ3v) is 4.76. The van der Waals surface area contributed by atoms with Gasteiger partial charge in [-0.05, 0) is 48.9 Å². The summed E-state index contributed by atoms with van der Waals surface area (Å²) in [7, 11) is 0. The second-order valence-corrected chi connectivity index (χ2v) is 6.07. The van der Waals surface area contributed by atoms with Gasteiger partial charge in [-0.15, -0.1) is 0 Å². The Morgan fingerprint density at radius 3 is 2.70 bits per heavy atom. The first-order valence-electron chi connectivity index (χ1n) is 7.29. The predicted octanol–water partition coefficient (Wildman–Crippen LogP) is 2.89. The summed E-state index contributed by atoms with van der Waals surface area (Å²) in [4.78, 5) is 14.5. The highest BCUT2D eigenvalue weighted by Gasteiger charge is 2.38. The molecule has 4 rings (SSSR count). The Balaban J connectivity index is 1.61. The quantitative estimate of drug-likeness (QED) is 0.810. The average Bonchev–Trinajstić information content (AvgIpc) is 3.10. The fraction of sp³-hybridized carbons (Fsp3) is 0.438. The average molecular weight is 270 g/mol. The summed E-state index contributed by atoms with van der Waals surface area (Å²) in [6.07, 6.45) is 3.86. The number of likely N-dealkylation sites (tertiary alicyclic amines) is 1. The van der Waals surface area contributed by atoms with Crippen LogP contribution in [0.3, 0.4) is 0 Å². The summed E-state index contributed by atoms with van der Waals surface area (Å²) in [5, 5.41) is 0.896. The van der Waals surface area contributed by atoms with Crippen LogP contribution < -0.4 is 5.73 Å². The van der Waals surface area contributed by atoms with Crippen molar-refractivity contribution in [2.24, 2.45) is 11.8 Å². The topological polar surface area (TPSA) is 59.5 Å². The molecule has 104 valence electrons. The minimum atomic E-state index is 0.0224. The molecule has 2 unspecified atom stereocenters. The first kappa shape index (κ1) is 11.8. The number of fused-ring (bicyclic) bond motifs is 2. The van der Waals surface area contributed by atoms with E-state index in [-0.39, 0.29) is 5.91 Å². The van der Waals surface area contributed by atoms with Gasteiger partial charge in [-0.3, -0.25) is 4.79 Å². The highest BCUT2D eigenvalue weighted by molar-refractivity contribution is 5.96. The fourth-order valence-corrected chi connectivity index (χ4v) is 3.72. The summed E-state index contributed by atoms with van der Waals surface area (Å²) in [5.74, 6) is 1.87. The number of nitrogens with zero attached hydrogens (tertiary/aromatic N) is 1. The lowest BCUT2D eigenvalue weighted by molar-refractivity contribution is 0.0751. The van der Waals surface area contributed by atoms with Crippen molar-refractivity contribution in [1.82, 2.24) is 4.90 Å². The summed E-state index contributed by atoms with van der Waals surface area (Å²) < 4.78 is 5.67. The van der Waals surface area contributed by atoms with Gasteiger partial charge in [0.25, 0.3) is 5.91 Å². The molecule has 2 aromatic rings. The Hall–Kier alpha value is -1.97. The number of furan rings is 1. The van der Waals surface area contributed by atoms with Crippen LogP contribution in [0.5, 0.6) is 0 Å². The second-order valence-electron chi connectivity index (χ2n) is 6.07. The van der Waals surface area contributed by atoms with E-state index in [1.54, 1.807) is 6.07 Å². The summed E-state index contributed by atoms with van der Waals surface area (Å²) in [6.45, 7) is 1.78. The van der Waals surface area contributed by atoms with Gasteiger partial charge >= 0.3 is 0 Å². The molecule has 20 heavy (non-hydrogen) atoms. The van der Waals surface area contributed by atoms with Gasteiger partial charge in [-0.25, -0.2) is 0 Å². The molecular weight excluding hydrogens is 252 g/mol. The zero-order valence-corrected chi connectivity index (χ0v) is 11.3. The van der Waals surface area contributed by atoms with Crippen LogP contribution in [0.2, 0.25) is 0 Å². The van der Waals surface area contributed by atoms with Gasteiger partial charge in [0.15, 0.2) is 5.76 Å². The normalized spacial score (nSPS) is 25.3. The molecule has 2 N–H and O–H groups in total. The van der Waals surface area contributed by atoms with E-state index < -0.39 is 0 Å². The summed E-state index contributed by atoms with van der Waals surface area (Å²) >= 11 is 0. The molecule has 0 bridgehead atoms. The van der Waals surface area contributed by atoms with Crippen molar-refractivity contribution in [1.29, 1.82) is 0 Å². The molecular formula is C16H18N2O2. The summed E-state index contributed by atoms with van der Waals surface area (Å²) in [6, 6.07) is 7.26. The van der Waals surface area contributed by atoms with Crippen LogP contribution in [0, 0.1) is 11.8 Å². The van der Waals surface area contributed by atoms with Crippen LogP contribution in [0.1, 0.15) is 29.8 Å². The lowest BCUT2D eigenvalue weighted by Crippen LogP contribution is -2.29. The van der Waals surface area contributed by atoms with Crippen molar-refractivity contribution in [3.05, 3.63) is 30.0 Å². The number of nitrogens with two attached hydrogens (primary N) is 1. The molecule has 2 heterocycles. The lowest BCUT2D eigenvalue weighted by atomic mass is 10.0. The monoisotopic (exact) mass is 270 g/mol. The molecule has 1 aliphatic carbocycles. The van der Waals surface area contributed by atoms with Crippen molar-refractivity contribution >= 4 is 22.6 Å². The van der Waals surface area contributed by atoms with Crippen LogP contribution in [0.15, 0.2) is 28.7 Å². The zero-order chi connectivity index (χ0) is 13.7. The van der Waals surface area contributed by atoms with E-state index in [0.717, 1.165) is 24.1 Å². The van der Waals surface area contributed by atoms with Gasteiger partial charge in [-0.1, -0.05) is 6.42 Å². The Morgan fingerprint density at radius 2 is 1.95 bits per heavy atom. The third kappa shape index (κ3) is 1.79. The fourth-order valence-electron chi connectivity index (χ4n) is 3.72. The summed E-state index contributed by atoms with van der Waals surface area (Å²) in [5.41, 5.74) is 7.17. The molecule has 2 aliphatic rings. The number of amides is 1. The van der Waals surface area contributed by atoms with Crippen LogP contribution >= 0.6 is 0 Å². The molecule has 1 saturated heterocycles. The molecule has 1 amide bonds. The van der Waals surface area contributed by atoms with E-state index in [2.05, 4.69) is 0 Å². The van der Waals surface area contributed by atoms with Crippen LogP contribution in [-0.2, 0) is 0 Å². The molecule has 1 aromatic carbocycles. The Kier molecular flexibility index (Phi) is 2.52. The van der Waals surface area contributed by atoms with Crippen LogP contribution in [-0.4, -0.2) is 23.9 Å². The number of hydrogen-bond acceptors (Lipinski definition) is 3. The number of benzene rings is 1. The van der Waals surface area contributed by atoms with E-state index in [4.69, 9.17) is 10.2 Å². The van der Waals surface area contributed by atoms with Gasteiger partial charge in [0.1, 0.15) is 5.58 Å². The smallest absolute Gasteiger partial charge is 0.289 e. The molecule has 1 aromatic heterocycles. The predicted molar refractivity (Wildman–Crippen MR) is 77.4 cm³/mol. The van der Waals surface area contributed by atoms with Crippen molar-refractivity contribution in [3.8, 4) is 0 Å². The molecule has 4 nitrogen and oxygen atoms in total. The molecule has 0 spiro atoms. The van der Waals surface area contributed by atoms with Crippen LogP contribution in [0.4, 0.5) is 5.69 Å². The maximum Gasteiger partial charge on any atom is 0.289 e. The van der Waals surface area contributed by atoms with Crippen LogP contribution in [0.25, 0.3) is 11.0 Å². The minimum absolute atomic E-state index is 0.0224. The number of carbonyl (C=O) groups excluding carboxylic acids is 1. The Bertz CT molecular complexity index is 664. The van der Waals surface area contributed by atoms with Crippen molar-refractivity contribution in [2.45, 2.75) is 19.3 Å². The van der Waals surface area contributed by atoms with E-state index in [1.165, 1.54) is 19.3 Å². The maximum atomic E-state index is 12.5. The van der Waals surface area contributed by atoms with E-state index in [1.807, 2.05) is 23.1 Å². The molecule has 0 radical (unpaired) electrons. The molecule has 2 fully saturated rings. The van der Waals surface area contributed by atoms with Gasteiger partial charge in [-0.2, -0.15) is 0 Å². The van der Waals surface area contributed by atoms with Crippen molar-refractivity contribution in [3.63, 3.8) is 0 Å². The Labute approximate surface area is 117 Å². The van der Waals surface area contributed by atoms with Gasteiger partial charge in [0, 0.05) is 24.2 Å². The first-order valence-corrected chi connectivity index (χ1v) is 7.29. The number of hydrogen-bond donors (Lipinski definition) is 1. The second kappa shape index (κ2) is 4.27. The SMILES string of the molecule is Nc1ccc2oc(C(=O)N3CC4CCCC4C3)cc2c1. The van der Waals surface area contributed by atoms with Gasteiger partial charge < -0.3 is 15.1 Å². The number of anilines is 1. The maximum absolute atomic E-state index is 12.5. The standard InChI is InChI=1S/C16H18N2O2/c17-13-4-5-14-12(6-13)7-15(20-14)16(19)18-8-10-2-1-3-11(10)9-18/h4-7,10-11H,1-3,8-9,17H2. The highest BCUT2D eigenvalue weighted by atomic mass is 16.3. The molecule has 1 aliphatic heterocycles. The lowest BCUT2D eigenvalue weighted by Gasteiger charge is -2.15. The molecule has 4 heteroatoms. The molecule has 1 saturated carbocycles. The number of rotatable bonds is 1. The largest absolute Gasteiger partial charge is 0.451 e. The van der Waals surface area contributed by atoms with E-state index in [0.29, 0.717) is 23.3 Å². The Morgan fingerprint density at radius 1 is 1.20 bits per heavy atom. The van der Waals surface area contributed by atoms with Gasteiger partial charge in [0.05, 0.1) is 0 Å². The number of nitrogen functional groups attached to an aromatic ring is 1. The number of carbonyl (C=O) groups is 1. The van der Waals surface area contributed by atoms with Crippen molar-refractivity contribution < 1.29 is 9.21 Å². The van der Waals surface area contributed by atoms with Crippen molar-refractivity contribution in [2.75, 3.05) is 18.8 Å². The third-order valence-electron chi connectivity index (χ3n) is 4.76. The zero-order valence-electron chi connectivity index (χ0n) is 11.3. The minimum Gasteiger partial charge on any atom is -0.451 e.